The molecule has 1 aliphatic rings. The van der Waals surface area contributed by atoms with Crippen LogP contribution < -0.4 is 4.90 Å². The van der Waals surface area contributed by atoms with E-state index < -0.39 is 12.0 Å². The third-order valence-electron chi connectivity index (χ3n) is 2.42. The van der Waals surface area contributed by atoms with Crippen molar-refractivity contribution in [1.29, 1.82) is 0 Å². The van der Waals surface area contributed by atoms with Crippen molar-refractivity contribution >= 4 is 17.6 Å². The van der Waals surface area contributed by atoms with E-state index in [-0.39, 0.29) is 12.3 Å². The van der Waals surface area contributed by atoms with E-state index in [1.54, 1.807) is 18.3 Å². The van der Waals surface area contributed by atoms with Crippen LogP contribution in [0.25, 0.3) is 0 Å². The molecule has 0 radical (unpaired) electrons. The summed E-state index contributed by atoms with van der Waals surface area (Å²) in [5.74, 6) is -1.12. The highest BCUT2D eigenvalue weighted by Crippen LogP contribution is 2.25. The van der Waals surface area contributed by atoms with Gasteiger partial charge in [-0.05, 0) is 18.6 Å². The Hall–Kier alpha value is -1.91. The Morgan fingerprint density at radius 1 is 1.60 bits per heavy atom. The maximum Gasteiger partial charge on any atom is 0.326 e. The van der Waals surface area contributed by atoms with Crippen molar-refractivity contribution in [2.45, 2.75) is 18.9 Å². The van der Waals surface area contributed by atoms with E-state index in [0.717, 1.165) is 0 Å². The largest absolute Gasteiger partial charge is 0.480 e. The van der Waals surface area contributed by atoms with E-state index in [2.05, 4.69) is 4.98 Å². The molecule has 5 nitrogen and oxygen atoms in total. The van der Waals surface area contributed by atoms with Crippen molar-refractivity contribution in [2.24, 2.45) is 0 Å². The molecule has 1 N–H and O–H groups in total. The number of aromatic nitrogens is 1. The molecule has 78 valence electrons. The normalized spacial score (nSPS) is 20.7. The quantitative estimate of drug-likeness (QED) is 0.771. The third kappa shape index (κ3) is 1.68. The second-order valence-electron chi connectivity index (χ2n) is 3.37. The fraction of sp³-hybridized carbons (Fsp3) is 0.300. The van der Waals surface area contributed by atoms with Crippen LogP contribution in [0.4, 0.5) is 5.69 Å². The molecule has 0 bridgehead atoms. The summed E-state index contributed by atoms with van der Waals surface area (Å²) in [7, 11) is 0. The summed E-state index contributed by atoms with van der Waals surface area (Å²) in [6, 6.07) is 2.62. The van der Waals surface area contributed by atoms with Crippen LogP contribution >= 0.6 is 0 Å². The molecule has 2 heterocycles. The summed E-state index contributed by atoms with van der Waals surface area (Å²) in [5.41, 5.74) is 0.549. The Bertz CT molecular complexity index is 391. The van der Waals surface area contributed by atoms with Crippen LogP contribution in [-0.2, 0) is 9.59 Å². The van der Waals surface area contributed by atoms with Crippen LogP contribution in [0.3, 0.4) is 0 Å². The van der Waals surface area contributed by atoms with Gasteiger partial charge in [0.15, 0.2) is 0 Å². The van der Waals surface area contributed by atoms with Crippen molar-refractivity contribution in [3.05, 3.63) is 24.5 Å². The second kappa shape index (κ2) is 3.68. The average Bonchev–Trinajstić information content (AvgIpc) is 2.61. The predicted octanol–water partition coefficient (Wildman–Crippen LogP) is 0.662. The molecular formula is C10H10N2O3. The van der Waals surface area contributed by atoms with Crippen molar-refractivity contribution < 1.29 is 14.7 Å². The number of hydrogen-bond donors (Lipinski definition) is 1. The van der Waals surface area contributed by atoms with Crippen LogP contribution in [0.2, 0.25) is 0 Å². The number of pyridine rings is 1. The zero-order valence-electron chi connectivity index (χ0n) is 7.96. The van der Waals surface area contributed by atoms with Crippen molar-refractivity contribution in [3.8, 4) is 0 Å². The van der Waals surface area contributed by atoms with Crippen LogP contribution in [0.5, 0.6) is 0 Å². The van der Waals surface area contributed by atoms with Crippen LogP contribution in [0, 0.1) is 0 Å². The first kappa shape index (κ1) is 9.64. The molecule has 1 aliphatic heterocycles. The van der Waals surface area contributed by atoms with Gasteiger partial charge in [-0.3, -0.25) is 14.7 Å². The standard InChI is InChI=1S/C10H10N2O3/c13-9-4-3-8(10(14)15)12(9)7-2-1-5-11-6-7/h1-2,5-6,8H,3-4H2,(H,14,15)/t8-/m1/s1. The third-order valence-corrected chi connectivity index (χ3v) is 2.42. The lowest BCUT2D eigenvalue weighted by Gasteiger charge is -2.20. The Balaban J connectivity index is 2.33. The number of amides is 1. The molecule has 5 heteroatoms. The highest BCUT2D eigenvalue weighted by Gasteiger charge is 2.36. The average molecular weight is 206 g/mol. The van der Waals surface area contributed by atoms with Crippen molar-refractivity contribution in [1.82, 2.24) is 4.98 Å². The topological polar surface area (TPSA) is 70.5 Å². The molecule has 0 spiro atoms. The number of carboxylic acids is 1. The monoisotopic (exact) mass is 206 g/mol. The molecule has 1 atom stereocenters. The number of carbonyl (C=O) groups excluding carboxylic acids is 1. The molecule has 2 rings (SSSR count). The number of rotatable bonds is 2. The first-order valence-corrected chi connectivity index (χ1v) is 4.65. The smallest absolute Gasteiger partial charge is 0.326 e. The van der Waals surface area contributed by atoms with E-state index in [1.165, 1.54) is 11.1 Å². The van der Waals surface area contributed by atoms with Crippen molar-refractivity contribution in [2.75, 3.05) is 4.90 Å². The molecule has 0 aliphatic carbocycles. The van der Waals surface area contributed by atoms with E-state index in [9.17, 15) is 9.59 Å². The Morgan fingerprint density at radius 3 is 3.00 bits per heavy atom. The number of hydrogen-bond acceptors (Lipinski definition) is 3. The minimum absolute atomic E-state index is 0.157. The molecule has 1 aromatic heterocycles. The SMILES string of the molecule is O=C(O)[C@H]1CCC(=O)N1c1cccnc1. The summed E-state index contributed by atoms with van der Waals surface area (Å²) in [5, 5.41) is 8.95. The maximum atomic E-state index is 11.5. The van der Waals surface area contributed by atoms with Gasteiger partial charge in [0.2, 0.25) is 5.91 Å². The van der Waals surface area contributed by atoms with Gasteiger partial charge in [0.05, 0.1) is 11.9 Å². The van der Waals surface area contributed by atoms with E-state index >= 15 is 0 Å². The minimum atomic E-state index is -0.968. The van der Waals surface area contributed by atoms with E-state index in [4.69, 9.17) is 5.11 Å². The highest BCUT2D eigenvalue weighted by atomic mass is 16.4. The number of anilines is 1. The number of carbonyl (C=O) groups is 2. The fourth-order valence-electron chi connectivity index (χ4n) is 1.74. The Kier molecular flexibility index (Phi) is 2.37. The van der Waals surface area contributed by atoms with Gasteiger partial charge in [-0.25, -0.2) is 4.79 Å². The van der Waals surface area contributed by atoms with Crippen LogP contribution in [0.1, 0.15) is 12.8 Å². The van der Waals surface area contributed by atoms with Gasteiger partial charge in [-0.15, -0.1) is 0 Å². The molecule has 0 aromatic carbocycles. The molecule has 0 unspecified atom stereocenters. The molecule has 0 saturated carbocycles. The lowest BCUT2D eigenvalue weighted by molar-refractivity contribution is -0.138. The lowest BCUT2D eigenvalue weighted by Crippen LogP contribution is -2.38. The first-order chi connectivity index (χ1) is 7.20. The lowest BCUT2D eigenvalue weighted by atomic mass is 10.2. The van der Waals surface area contributed by atoms with Gasteiger partial charge < -0.3 is 5.11 Å². The minimum Gasteiger partial charge on any atom is -0.480 e. The van der Waals surface area contributed by atoms with Gasteiger partial charge in [-0.1, -0.05) is 0 Å². The zero-order valence-corrected chi connectivity index (χ0v) is 7.96. The zero-order chi connectivity index (χ0) is 10.8. The maximum absolute atomic E-state index is 11.5. The Labute approximate surface area is 86.3 Å². The number of carboxylic acid groups (broad SMARTS) is 1. The van der Waals surface area contributed by atoms with Crippen LogP contribution in [-0.4, -0.2) is 28.0 Å². The second-order valence-corrected chi connectivity index (χ2v) is 3.37. The van der Waals surface area contributed by atoms with Crippen LogP contribution in [0.15, 0.2) is 24.5 Å². The van der Waals surface area contributed by atoms with Gasteiger partial charge in [0.1, 0.15) is 6.04 Å². The predicted molar refractivity (Wildman–Crippen MR) is 52.4 cm³/mol. The molecule has 1 aromatic rings. The van der Waals surface area contributed by atoms with Gasteiger partial charge in [0, 0.05) is 12.6 Å². The van der Waals surface area contributed by atoms with E-state index in [1.807, 2.05) is 0 Å². The summed E-state index contributed by atoms with van der Waals surface area (Å²) in [6.45, 7) is 0. The van der Waals surface area contributed by atoms with Crippen molar-refractivity contribution in [3.63, 3.8) is 0 Å². The summed E-state index contributed by atoms with van der Waals surface area (Å²) < 4.78 is 0. The number of aliphatic carboxylic acids is 1. The molecule has 1 amide bonds. The molecule has 15 heavy (non-hydrogen) atoms. The fourth-order valence-corrected chi connectivity index (χ4v) is 1.74. The first-order valence-electron chi connectivity index (χ1n) is 4.65. The summed E-state index contributed by atoms with van der Waals surface area (Å²) >= 11 is 0. The van der Waals surface area contributed by atoms with Gasteiger partial charge in [-0.2, -0.15) is 0 Å². The molecule has 1 fully saturated rings. The summed E-state index contributed by atoms with van der Waals surface area (Å²) in [6.07, 6.45) is 3.73. The Morgan fingerprint density at radius 2 is 2.40 bits per heavy atom. The van der Waals surface area contributed by atoms with Gasteiger partial charge >= 0.3 is 5.97 Å². The van der Waals surface area contributed by atoms with Gasteiger partial charge in [0.25, 0.3) is 0 Å². The molecule has 1 saturated heterocycles. The van der Waals surface area contributed by atoms with E-state index in [0.29, 0.717) is 12.1 Å². The summed E-state index contributed by atoms with van der Waals surface area (Å²) in [4.78, 5) is 27.6. The highest BCUT2D eigenvalue weighted by molar-refractivity contribution is 6.02. The number of nitrogens with zero attached hydrogens (tertiary/aromatic N) is 2. The molecular weight excluding hydrogens is 196 g/mol.